The third-order valence-corrected chi connectivity index (χ3v) is 6.64. The van der Waals surface area contributed by atoms with E-state index in [9.17, 15) is 18.0 Å². The topological polar surface area (TPSA) is 105 Å². The van der Waals surface area contributed by atoms with Crippen molar-refractivity contribution in [3.8, 4) is 11.5 Å². The van der Waals surface area contributed by atoms with Gasteiger partial charge in [-0.1, -0.05) is 31.2 Å². The van der Waals surface area contributed by atoms with Crippen molar-refractivity contribution in [2.24, 2.45) is 0 Å². The Hall–Kier alpha value is -3.27. The lowest BCUT2D eigenvalue weighted by molar-refractivity contribution is -0.141. The fourth-order valence-corrected chi connectivity index (χ4v) is 4.69. The molecule has 2 amide bonds. The summed E-state index contributed by atoms with van der Waals surface area (Å²) in [6.07, 6.45) is 1.39. The Morgan fingerprint density at radius 2 is 1.65 bits per heavy atom. The number of anilines is 1. The number of amides is 2. The van der Waals surface area contributed by atoms with E-state index in [1.165, 1.54) is 4.90 Å². The first-order chi connectivity index (χ1) is 17.3. The zero-order valence-corrected chi connectivity index (χ0v) is 23.6. The van der Waals surface area contributed by atoms with Crippen LogP contribution in [0.25, 0.3) is 0 Å². The Bertz CT molecular complexity index is 1160. The van der Waals surface area contributed by atoms with Crippen LogP contribution in [0.5, 0.6) is 11.5 Å². The summed E-state index contributed by atoms with van der Waals surface area (Å²) in [7, 11) is -2.30. The number of carbonyl (C=O) groups is 2. The lowest BCUT2D eigenvalue weighted by Crippen LogP contribution is -2.55. The SMILES string of the molecule is CCOc1ccccc1N(CC(=O)N(Cc1ccc(OC)cc1)[C@H](CC)C(=O)NC(C)(C)C)S(C)(=O)=O. The monoisotopic (exact) mass is 533 g/mol. The van der Waals surface area contributed by atoms with E-state index >= 15 is 0 Å². The predicted octanol–water partition coefficient (Wildman–Crippen LogP) is 3.58. The largest absolute Gasteiger partial charge is 0.497 e. The first-order valence-corrected chi connectivity index (χ1v) is 14.1. The number of ether oxygens (including phenoxy) is 2. The molecule has 204 valence electrons. The van der Waals surface area contributed by atoms with Gasteiger partial charge in [0.25, 0.3) is 0 Å². The normalized spacial score (nSPS) is 12.4. The molecule has 9 nitrogen and oxygen atoms in total. The van der Waals surface area contributed by atoms with Gasteiger partial charge in [0, 0.05) is 12.1 Å². The third-order valence-electron chi connectivity index (χ3n) is 5.51. The zero-order chi connectivity index (χ0) is 27.8. The smallest absolute Gasteiger partial charge is 0.244 e. The number of nitrogens with zero attached hydrogens (tertiary/aromatic N) is 2. The molecule has 2 aromatic carbocycles. The molecule has 0 fully saturated rings. The summed E-state index contributed by atoms with van der Waals surface area (Å²) in [5.41, 5.74) is 0.530. The second kappa shape index (κ2) is 12.8. The van der Waals surface area contributed by atoms with Gasteiger partial charge in [0.15, 0.2) is 0 Å². The van der Waals surface area contributed by atoms with E-state index in [1.54, 1.807) is 50.4 Å². The third kappa shape index (κ3) is 8.66. The summed E-state index contributed by atoms with van der Waals surface area (Å²) in [6, 6.07) is 13.0. The summed E-state index contributed by atoms with van der Waals surface area (Å²) in [5, 5.41) is 2.95. The van der Waals surface area contributed by atoms with Gasteiger partial charge < -0.3 is 19.7 Å². The molecule has 2 aromatic rings. The number of sulfonamides is 1. The van der Waals surface area contributed by atoms with Gasteiger partial charge in [-0.25, -0.2) is 8.42 Å². The van der Waals surface area contributed by atoms with Crippen molar-refractivity contribution in [1.82, 2.24) is 10.2 Å². The lowest BCUT2D eigenvalue weighted by atomic mass is 10.1. The van der Waals surface area contributed by atoms with Crippen LogP contribution in [-0.2, 0) is 26.2 Å². The van der Waals surface area contributed by atoms with Crippen molar-refractivity contribution < 1.29 is 27.5 Å². The van der Waals surface area contributed by atoms with Gasteiger partial charge in [0.1, 0.15) is 24.1 Å². The highest BCUT2D eigenvalue weighted by Gasteiger charge is 2.33. The Morgan fingerprint density at radius 1 is 1.03 bits per heavy atom. The van der Waals surface area contributed by atoms with E-state index in [-0.39, 0.29) is 18.1 Å². The van der Waals surface area contributed by atoms with Gasteiger partial charge in [-0.15, -0.1) is 0 Å². The molecule has 1 atom stereocenters. The molecule has 2 rings (SSSR count). The zero-order valence-electron chi connectivity index (χ0n) is 22.8. The van der Waals surface area contributed by atoms with Gasteiger partial charge in [0.05, 0.1) is 25.7 Å². The molecule has 0 aliphatic rings. The van der Waals surface area contributed by atoms with E-state index in [4.69, 9.17) is 9.47 Å². The van der Waals surface area contributed by atoms with Crippen molar-refractivity contribution in [3.63, 3.8) is 0 Å². The van der Waals surface area contributed by atoms with Crippen LogP contribution in [0.2, 0.25) is 0 Å². The first-order valence-electron chi connectivity index (χ1n) is 12.2. The van der Waals surface area contributed by atoms with Crippen LogP contribution in [0.1, 0.15) is 46.6 Å². The predicted molar refractivity (Wildman–Crippen MR) is 145 cm³/mol. The fraction of sp³-hybridized carbons (Fsp3) is 0.481. The van der Waals surface area contributed by atoms with Crippen LogP contribution in [-0.4, -0.2) is 63.2 Å². The average molecular weight is 534 g/mol. The average Bonchev–Trinajstić information content (AvgIpc) is 2.81. The van der Waals surface area contributed by atoms with Crippen molar-refractivity contribution >= 4 is 27.5 Å². The maximum Gasteiger partial charge on any atom is 0.244 e. The Balaban J connectivity index is 2.50. The molecule has 0 aromatic heterocycles. The second-order valence-electron chi connectivity index (χ2n) is 9.70. The van der Waals surface area contributed by atoms with Crippen LogP contribution < -0.4 is 19.1 Å². The molecule has 37 heavy (non-hydrogen) atoms. The Kier molecular flexibility index (Phi) is 10.4. The van der Waals surface area contributed by atoms with Crippen LogP contribution in [0.4, 0.5) is 5.69 Å². The molecule has 0 aliphatic carbocycles. The quantitative estimate of drug-likeness (QED) is 0.447. The van der Waals surface area contributed by atoms with Crippen LogP contribution in [0, 0.1) is 0 Å². The van der Waals surface area contributed by atoms with Gasteiger partial charge in [-0.3, -0.25) is 13.9 Å². The number of methoxy groups -OCH3 is 1. The minimum Gasteiger partial charge on any atom is -0.497 e. The molecule has 0 spiro atoms. The number of para-hydroxylation sites is 2. The number of hydrogen-bond donors (Lipinski definition) is 1. The van der Waals surface area contributed by atoms with E-state index in [0.29, 0.717) is 24.5 Å². The van der Waals surface area contributed by atoms with Crippen molar-refractivity contribution in [3.05, 3.63) is 54.1 Å². The molecule has 0 saturated carbocycles. The van der Waals surface area contributed by atoms with Gasteiger partial charge in [-0.2, -0.15) is 0 Å². The molecule has 0 radical (unpaired) electrons. The molecule has 0 bridgehead atoms. The van der Waals surface area contributed by atoms with Gasteiger partial charge in [-0.05, 0) is 63.9 Å². The van der Waals surface area contributed by atoms with Crippen LogP contribution >= 0.6 is 0 Å². The van der Waals surface area contributed by atoms with Crippen molar-refractivity contribution in [2.75, 3.05) is 30.8 Å². The summed E-state index contributed by atoms with van der Waals surface area (Å²) >= 11 is 0. The minimum absolute atomic E-state index is 0.115. The highest BCUT2D eigenvalue weighted by Crippen LogP contribution is 2.30. The van der Waals surface area contributed by atoms with Gasteiger partial charge in [0.2, 0.25) is 21.8 Å². The summed E-state index contributed by atoms with van der Waals surface area (Å²) in [6.45, 7) is 9.16. The molecular weight excluding hydrogens is 494 g/mol. The molecule has 0 unspecified atom stereocenters. The van der Waals surface area contributed by atoms with E-state index in [0.717, 1.165) is 16.1 Å². The van der Waals surface area contributed by atoms with Gasteiger partial charge >= 0.3 is 0 Å². The maximum atomic E-state index is 13.8. The molecular formula is C27H39N3O6S. The lowest BCUT2D eigenvalue weighted by Gasteiger charge is -2.34. The number of hydrogen-bond acceptors (Lipinski definition) is 6. The summed E-state index contributed by atoms with van der Waals surface area (Å²) in [5.74, 6) is 0.193. The van der Waals surface area contributed by atoms with Crippen LogP contribution in [0.15, 0.2) is 48.5 Å². The summed E-state index contributed by atoms with van der Waals surface area (Å²) < 4.78 is 37.6. The number of rotatable bonds is 12. The molecule has 0 heterocycles. The fourth-order valence-electron chi connectivity index (χ4n) is 3.84. The van der Waals surface area contributed by atoms with Crippen LogP contribution in [0.3, 0.4) is 0 Å². The molecule has 0 aliphatic heterocycles. The number of carbonyl (C=O) groups excluding carboxylic acids is 2. The molecule has 10 heteroatoms. The highest BCUT2D eigenvalue weighted by molar-refractivity contribution is 7.92. The standard InChI is InChI=1S/C27H39N3O6S/c1-8-22(26(32)28-27(3,4)5)29(18-20-14-16-21(35-6)17-15-20)25(31)19-30(37(7,33)34)23-12-10-11-13-24(23)36-9-2/h10-17,22H,8-9,18-19H2,1-7H3,(H,28,32)/t22-/m1/s1. The van der Waals surface area contributed by atoms with E-state index in [1.807, 2.05) is 39.8 Å². The summed E-state index contributed by atoms with van der Waals surface area (Å²) in [4.78, 5) is 28.5. The van der Waals surface area contributed by atoms with E-state index in [2.05, 4.69) is 5.32 Å². The first kappa shape index (κ1) is 30.0. The van der Waals surface area contributed by atoms with E-state index < -0.39 is 34.1 Å². The number of benzene rings is 2. The van der Waals surface area contributed by atoms with Crippen molar-refractivity contribution in [1.29, 1.82) is 0 Å². The minimum atomic E-state index is -3.86. The maximum absolute atomic E-state index is 13.8. The van der Waals surface area contributed by atoms with Crippen molar-refractivity contribution in [2.45, 2.75) is 59.2 Å². The number of nitrogens with one attached hydrogen (secondary N) is 1. The molecule has 0 saturated heterocycles. The molecule has 1 N–H and O–H groups in total. The Labute approximate surface area is 220 Å². The highest BCUT2D eigenvalue weighted by atomic mass is 32.2. The Morgan fingerprint density at radius 3 is 2.16 bits per heavy atom. The second-order valence-corrected chi connectivity index (χ2v) is 11.6.